The van der Waals surface area contributed by atoms with Gasteiger partial charge in [-0.15, -0.1) is 0 Å². The van der Waals surface area contributed by atoms with Crippen LogP contribution in [0.15, 0.2) is 53.4 Å². The van der Waals surface area contributed by atoms with Crippen LogP contribution >= 0.6 is 11.6 Å². The van der Waals surface area contributed by atoms with Crippen LogP contribution in [0.5, 0.6) is 0 Å². The molecule has 3 rings (SSSR count). The molecule has 1 heterocycles. The molecule has 2 aromatic carbocycles. The van der Waals surface area contributed by atoms with Crippen molar-refractivity contribution in [3.05, 3.63) is 53.6 Å². The van der Waals surface area contributed by atoms with Crippen LogP contribution in [-0.4, -0.2) is 33.3 Å². The van der Waals surface area contributed by atoms with Gasteiger partial charge in [0, 0.05) is 35.9 Å². The number of benzene rings is 2. The van der Waals surface area contributed by atoms with Crippen LogP contribution in [0.3, 0.4) is 0 Å². The van der Waals surface area contributed by atoms with E-state index in [4.69, 9.17) is 11.6 Å². The van der Waals surface area contributed by atoms with Crippen molar-refractivity contribution in [2.45, 2.75) is 24.7 Å². The summed E-state index contributed by atoms with van der Waals surface area (Å²) in [4.78, 5) is 26.6. The Morgan fingerprint density at radius 3 is 2.41 bits per heavy atom. The molecule has 1 aliphatic rings. The third kappa shape index (κ3) is 5.14. The van der Waals surface area contributed by atoms with Gasteiger partial charge in [0.2, 0.25) is 21.8 Å². The van der Waals surface area contributed by atoms with Crippen LogP contribution in [0.4, 0.5) is 11.4 Å². The summed E-state index contributed by atoms with van der Waals surface area (Å²) in [5.41, 5.74) is 1.17. The number of carbonyl (C=O) groups is 2. The number of hydrogen-bond donors (Lipinski definition) is 2. The standard InChI is InChI=1S/C20H22ClN3O4S/c1-2-11-22-29(27,28)18-9-5-16(6-10-18)23-20(26)14-12-19(25)24(13-14)17-7-3-15(21)4-8-17/h3-10,14,22H,2,11-13H2,1H3,(H,23,26). The largest absolute Gasteiger partial charge is 0.326 e. The quantitative estimate of drug-likeness (QED) is 0.698. The van der Waals surface area contributed by atoms with Crippen molar-refractivity contribution in [2.24, 2.45) is 5.92 Å². The molecule has 2 N–H and O–H groups in total. The monoisotopic (exact) mass is 435 g/mol. The summed E-state index contributed by atoms with van der Waals surface area (Å²) in [5.74, 6) is -0.904. The van der Waals surface area contributed by atoms with E-state index in [2.05, 4.69) is 10.0 Å². The smallest absolute Gasteiger partial charge is 0.240 e. The summed E-state index contributed by atoms with van der Waals surface area (Å²) in [7, 11) is -3.56. The number of nitrogens with zero attached hydrogens (tertiary/aromatic N) is 1. The van der Waals surface area contributed by atoms with Crippen molar-refractivity contribution in [1.29, 1.82) is 0 Å². The molecule has 2 aromatic rings. The van der Waals surface area contributed by atoms with Crippen LogP contribution in [-0.2, 0) is 19.6 Å². The van der Waals surface area contributed by atoms with Gasteiger partial charge in [0.05, 0.1) is 10.8 Å². The highest BCUT2D eigenvalue weighted by Gasteiger charge is 2.35. The van der Waals surface area contributed by atoms with Crippen molar-refractivity contribution >= 4 is 44.8 Å². The molecule has 1 unspecified atom stereocenters. The van der Waals surface area contributed by atoms with Gasteiger partial charge in [-0.05, 0) is 55.0 Å². The minimum atomic E-state index is -3.56. The Balaban J connectivity index is 1.63. The highest BCUT2D eigenvalue weighted by Crippen LogP contribution is 2.27. The second-order valence-corrected chi connectivity index (χ2v) is 9.00. The Hall–Kier alpha value is -2.42. The number of rotatable bonds is 7. The zero-order valence-corrected chi connectivity index (χ0v) is 17.5. The van der Waals surface area contributed by atoms with Crippen LogP contribution in [0.25, 0.3) is 0 Å². The second-order valence-electron chi connectivity index (χ2n) is 6.79. The zero-order chi connectivity index (χ0) is 21.0. The molecule has 0 bridgehead atoms. The lowest BCUT2D eigenvalue weighted by Gasteiger charge is -2.17. The van der Waals surface area contributed by atoms with E-state index >= 15 is 0 Å². The van der Waals surface area contributed by atoms with Crippen molar-refractivity contribution in [2.75, 3.05) is 23.3 Å². The number of carbonyl (C=O) groups excluding carboxylic acids is 2. The number of nitrogens with one attached hydrogen (secondary N) is 2. The first-order valence-electron chi connectivity index (χ1n) is 9.26. The van der Waals surface area contributed by atoms with Gasteiger partial charge < -0.3 is 10.2 Å². The van der Waals surface area contributed by atoms with Gasteiger partial charge in [0.1, 0.15) is 0 Å². The predicted octanol–water partition coefficient (Wildman–Crippen LogP) is 3.02. The minimum absolute atomic E-state index is 0.113. The summed E-state index contributed by atoms with van der Waals surface area (Å²) in [6.07, 6.45) is 0.808. The highest BCUT2D eigenvalue weighted by molar-refractivity contribution is 7.89. The lowest BCUT2D eigenvalue weighted by molar-refractivity contribution is -0.122. The first-order valence-corrected chi connectivity index (χ1v) is 11.1. The van der Waals surface area contributed by atoms with Crippen molar-refractivity contribution in [1.82, 2.24) is 4.72 Å². The van der Waals surface area contributed by atoms with E-state index in [-0.39, 0.29) is 29.7 Å². The summed E-state index contributed by atoms with van der Waals surface area (Å²) in [6.45, 7) is 2.52. The zero-order valence-electron chi connectivity index (χ0n) is 15.9. The minimum Gasteiger partial charge on any atom is -0.326 e. The van der Waals surface area contributed by atoms with Crippen LogP contribution < -0.4 is 14.9 Å². The van der Waals surface area contributed by atoms with Crippen LogP contribution in [0.2, 0.25) is 5.02 Å². The van der Waals surface area contributed by atoms with E-state index in [1.54, 1.807) is 29.2 Å². The average Bonchev–Trinajstić information content (AvgIpc) is 3.09. The third-order valence-electron chi connectivity index (χ3n) is 4.61. The second kappa shape index (κ2) is 8.94. The van der Waals surface area contributed by atoms with E-state index in [9.17, 15) is 18.0 Å². The maximum absolute atomic E-state index is 12.6. The maximum atomic E-state index is 12.6. The first-order chi connectivity index (χ1) is 13.8. The number of anilines is 2. The molecular weight excluding hydrogens is 414 g/mol. The Labute approximate surface area is 175 Å². The fraction of sp³-hybridized carbons (Fsp3) is 0.300. The van der Waals surface area contributed by atoms with Gasteiger partial charge in [-0.25, -0.2) is 13.1 Å². The topological polar surface area (TPSA) is 95.6 Å². The fourth-order valence-electron chi connectivity index (χ4n) is 3.04. The summed E-state index contributed by atoms with van der Waals surface area (Å²) in [5, 5.41) is 3.33. The van der Waals surface area contributed by atoms with Crippen LogP contribution in [0, 0.1) is 5.92 Å². The molecular formula is C20H22ClN3O4S. The molecule has 0 spiro atoms. The fourth-order valence-corrected chi connectivity index (χ4v) is 4.30. The van der Waals surface area contributed by atoms with Gasteiger partial charge in [-0.3, -0.25) is 9.59 Å². The van der Waals surface area contributed by atoms with E-state index in [0.717, 1.165) is 0 Å². The van der Waals surface area contributed by atoms with Crippen molar-refractivity contribution in [3.63, 3.8) is 0 Å². The Kier molecular flexibility index (Phi) is 6.56. The predicted molar refractivity (Wildman–Crippen MR) is 112 cm³/mol. The van der Waals surface area contributed by atoms with Gasteiger partial charge in [-0.1, -0.05) is 18.5 Å². The molecule has 1 fully saturated rings. The molecule has 0 aromatic heterocycles. The molecule has 0 radical (unpaired) electrons. The maximum Gasteiger partial charge on any atom is 0.240 e. The number of hydrogen-bond acceptors (Lipinski definition) is 4. The Morgan fingerprint density at radius 2 is 1.79 bits per heavy atom. The van der Waals surface area contributed by atoms with E-state index < -0.39 is 15.9 Å². The van der Waals surface area contributed by atoms with E-state index in [1.165, 1.54) is 24.3 Å². The Morgan fingerprint density at radius 1 is 1.14 bits per heavy atom. The van der Waals surface area contributed by atoms with Gasteiger partial charge in [0.15, 0.2) is 0 Å². The number of halogens is 1. The SMILES string of the molecule is CCCNS(=O)(=O)c1ccc(NC(=O)C2CC(=O)N(c3ccc(Cl)cc3)C2)cc1. The molecule has 1 saturated heterocycles. The van der Waals surface area contributed by atoms with Crippen molar-refractivity contribution < 1.29 is 18.0 Å². The third-order valence-corrected chi connectivity index (χ3v) is 6.34. The van der Waals surface area contributed by atoms with E-state index in [1.807, 2.05) is 6.92 Å². The molecule has 29 heavy (non-hydrogen) atoms. The summed E-state index contributed by atoms with van der Waals surface area (Å²) < 4.78 is 26.7. The Bertz CT molecular complexity index is 991. The average molecular weight is 436 g/mol. The molecule has 1 atom stereocenters. The number of sulfonamides is 1. The van der Waals surface area contributed by atoms with Gasteiger partial charge in [0.25, 0.3) is 0 Å². The van der Waals surface area contributed by atoms with Crippen molar-refractivity contribution in [3.8, 4) is 0 Å². The van der Waals surface area contributed by atoms with Crippen LogP contribution in [0.1, 0.15) is 19.8 Å². The number of amides is 2. The lowest BCUT2D eigenvalue weighted by atomic mass is 10.1. The normalized spacial score (nSPS) is 16.8. The first kappa shape index (κ1) is 21.3. The lowest BCUT2D eigenvalue weighted by Crippen LogP contribution is -2.28. The molecule has 154 valence electrons. The van der Waals surface area contributed by atoms with Gasteiger partial charge in [-0.2, -0.15) is 0 Å². The molecule has 7 nitrogen and oxygen atoms in total. The van der Waals surface area contributed by atoms with Gasteiger partial charge >= 0.3 is 0 Å². The molecule has 9 heteroatoms. The van der Waals surface area contributed by atoms with E-state index in [0.29, 0.717) is 29.4 Å². The molecule has 0 saturated carbocycles. The summed E-state index contributed by atoms with van der Waals surface area (Å²) in [6, 6.07) is 12.8. The molecule has 2 amide bonds. The summed E-state index contributed by atoms with van der Waals surface area (Å²) >= 11 is 5.88. The highest BCUT2D eigenvalue weighted by atomic mass is 35.5. The molecule has 1 aliphatic heterocycles. The molecule has 0 aliphatic carbocycles.